The van der Waals surface area contributed by atoms with Gasteiger partial charge in [-0.1, -0.05) is 47.8 Å². The Morgan fingerprint density at radius 2 is 1.19 bits per heavy atom. The van der Waals surface area contributed by atoms with E-state index in [0.29, 0.717) is 0 Å². The van der Waals surface area contributed by atoms with E-state index in [1.807, 2.05) is 36.4 Å². The fourth-order valence-corrected chi connectivity index (χ4v) is 4.36. The molecule has 0 aliphatic rings. The second-order valence-corrected chi connectivity index (χ2v) is 8.30. The van der Waals surface area contributed by atoms with Crippen molar-refractivity contribution in [3.8, 4) is 0 Å². The fraction of sp³-hybridized carbons (Fsp3) is 0.300. The smallest absolute Gasteiger partial charge is 0.166 e. The van der Waals surface area contributed by atoms with Crippen molar-refractivity contribution in [3.05, 3.63) is 48.5 Å². The molecule has 2 aromatic carbocycles. The SMILES string of the molecule is c1ccc2[nH]c(SCCCOCCCSc3nc4ccccc4[nH]3)nc2c1. The summed E-state index contributed by atoms with van der Waals surface area (Å²) in [6.45, 7) is 1.59. The average Bonchev–Trinajstić information content (AvgIpc) is 3.29. The van der Waals surface area contributed by atoms with Crippen LogP contribution in [0.1, 0.15) is 12.8 Å². The number of ether oxygens (including phenoxy) is 1. The standard InChI is InChI=1S/C20H22N4OS2/c1-2-8-16-15(7-1)21-19(22-16)26-13-5-11-25-12-6-14-27-20-23-17-9-3-4-10-18(17)24-20/h1-4,7-10H,5-6,11-14H2,(H,21,22)(H,23,24). The first-order valence-electron chi connectivity index (χ1n) is 9.11. The predicted octanol–water partition coefficient (Wildman–Crippen LogP) is 5.12. The summed E-state index contributed by atoms with van der Waals surface area (Å²) in [5, 5.41) is 1.97. The third-order valence-electron chi connectivity index (χ3n) is 4.08. The van der Waals surface area contributed by atoms with Gasteiger partial charge in [-0.25, -0.2) is 9.97 Å². The molecule has 2 heterocycles. The van der Waals surface area contributed by atoms with Crippen LogP contribution in [0.3, 0.4) is 0 Å². The second-order valence-electron chi connectivity index (χ2n) is 6.13. The van der Waals surface area contributed by atoms with Gasteiger partial charge in [-0.15, -0.1) is 0 Å². The van der Waals surface area contributed by atoms with E-state index in [1.54, 1.807) is 23.5 Å². The molecule has 140 valence electrons. The van der Waals surface area contributed by atoms with Crippen LogP contribution in [-0.4, -0.2) is 44.7 Å². The summed E-state index contributed by atoms with van der Waals surface area (Å²) < 4.78 is 5.74. The number of H-pyrrole nitrogens is 2. The van der Waals surface area contributed by atoms with Gasteiger partial charge in [0.2, 0.25) is 0 Å². The molecule has 0 aliphatic heterocycles. The molecule has 0 atom stereocenters. The first-order chi connectivity index (χ1) is 13.4. The highest BCUT2D eigenvalue weighted by molar-refractivity contribution is 7.99. The molecule has 5 nitrogen and oxygen atoms in total. The van der Waals surface area contributed by atoms with Gasteiger partial charge in [0.25, 0.3) is 0 Å². The summed E-state index contributed by atoms with van der Waals surface area (Å²) in [5.41, 5.74) is 4.24. The third-order valence-corrected chi connectivity index (χ3v) is 6.00. The van der Waals surface area contributed by atoms with Gasteiger partial charge in [-0.2, -0.15) is 0 Å². The summed E-state index contributed by atoms with van der Waals surface area (Å²) in [4.78, 5) is 15.8. The molecule has 0 saturated heterocycles. The summed E-state index contributed by atoms with van der Waals surface area (Å²) in [6, 6.07) is 16.2. The number of aromatic amines is 2. The van der Waals surface area contributed by atoms with Crippen molar-refractivity contribution in [2.45, 2.75) is 23.2 Å². The Hall–Kier alpha value is -1.96. The lowest BCUT2D eigenvalue weighted by Gasteiger charge is -2.03. The highest BCUT2D eigenvalue weighted by atomic mass is 32.2. The van der Waals surface area contributed by atoms with E-state index in [1.165, 1.54) is 0 Å². The van der Waals surface area contributed by atoms with Crippen LogP contribution in [0.15, 0.2) is 58.8 Å². The number of thioether (sulfide) groups is 2. The molecular formula is C20H22N4OS2. The van der Waals surface area contributed by atoms with Gasteiger partial charge in [0.1, 0.15) is 0 Å². The molecule has 0 radical (unpaired) electrons. The Labute approximate surface area is 166 Å². The highest BCUT2D eigenvalue weighted by Crippen LogP contribution is 2.21. The van der Waals surface area contributed by atoms with Crippen LogP contribution >= 0.6 is 23.5 Å². The van der Waals surface area contributed by atoms with E-state index in [9.17, 15) is 0 Å². The molecule has 4 rings (SSSR count). The molecule has 0 saturated carbocycles. The van der Waals surface area contributed by atoms with Gasteiger partial charge in [-0.05, 0) is 37.1 Å². The van der Waals surface area contributed by atoms with Crippen molar-refractivity contribution in [3.63, 3.8) is 0 Å². The molecule has 7 heteroatoms. The Balaban J connectivity index is 1.06. The van der Waals surface area contributed by atoms with Crippen molar-refractivity contribution in [1.82, 2.24) is 19.9 Å². The minimum absolute atomic E-state index is 0.794. The molecule has 0 fully saturated rings. The van der Waals surface area contributed by atoms with Crippen LogP contribution in [0.5, 0.6) is 0 Å². The van der Waals surface area contributed by atoms with E-state index < -0.39 is 0 Å². The zero-order valence-corrected chi connectivity index (χ0v) is 16.6. The van der Waals surface area contributed by atoms with Crippen LogP contribution in [-0.2, 0) is 4.74 Å². The molecule has 2 aromatic heterocycles. The summed E-state index contributed by atoms with van der Waals surface area (Å²) in [5.74, 6) is 2.01. The number of hydrogen-bond donors (Lipinski definition) is 2. The summed E-state index contributed by atoms with van der Waals surface area (Å²) in [6.07, 6.45) is 2.05. The van der Waals surface area contributed by atoms with Gasteiger partial charge in [0.05, 0.1) is 22.1 Å². The molecule has 0 unspecified atom stereocenters. The Kier molecular flexibility index (Phi) is 6.34. The maximum atomic E-state index is 5.74. The van der Waals surface area contributed by atoms with Crippen molar-refractivity contribution in [2.24, 2.45) is 0 Å². The van der Waals surface area contributed by atoms with Crippen molar-refractivity contribution >= 4 is 45.6 Å². The Morgan fingerprint density at radius 1 is 0.704 bits per heavy atom. The zero-order chi connectivity index (χ0) is 18.3. The lowest BCUT2D eigenvalue weighted by Crippen LogP contribution is -1.99. The van der Waals surface area contributed by atoms with Crippen molar-refractivity contribution < 1.29 is 4.74 Å². The molecule has 0 aliphatic carbocycles. The second kappa shape index (κ2) is 9.30. The first-order valence-corrected chi connectivity index (χ1v) is 11.1. The number of para-hydroxylation sites is 4. The minimum Gasteiger partial charge on any atom is -0.381 e. The Bertz CT molecular complexity index is 852. The number of nitrogens with one attached hydrogen (secondary N) is 2. The molecule has 4 aromatic rings. The predicted molar refractivity (Wildman–Crippen MR) is 114 cm³/mol. The van der Waals surface area contributed by atoms with Crippen molar-refractivity contribution in [1.29, 1.82) is 0 Å². The molecule has 27 heavy (non-hydrogen) atoms. The van der Waals surface area contributed by atoms with E-state index in [-0.39, 0.29) is 0 Å². The van der Waals surface area contributed by atoms with Gasteiger partial charge in [0, 0.05) is 24.7 Å². The first kappa shape index (κ1) is 18.4. The molecule has 0 spiro atoms. The largest absolute Gasteiger partial charge is 0.381 e. The number of imidazole rings is 2. The van der Waals surface area contributed by atoms with Crippen LogP contribution < -0.4 is 0 Å². The molecule has 0 amide bonds. The highest BCUT2D eigenvalue weighted by Gasteiger charge is 2.03. The number of fused-ring (bicyclic) bond motifs is 2. The normalized spacial score (nSPS) is 11.6. The summed E-state index contributed by atoms with van der Waals surface area (Å²) >= 11 is 3.50. The van der Waals surface area contributed by atoms with Gasteiger partial charge in [-0.3, -0.25) is 0 Å². The number of rotatable bonds is 10. The quantitative estimate of drug-likeness (QED) is 0.287. The monoisotopic (exact) mass is 398 g/mol. The number of hydrogen-bond acceptors (Lipinski definition) is 5. The Morgan fingerprint density at radius 3 is 1.67 bits per heavy atom. The molecular weight excluding hydrogens is 376 g/mol. The van der Waals surface area contributed by atoms with Gasteiger partial charge < -0.3 is 14.7 Å². The topological polar surface area (TPSA) is 66.6 Å². The van der Waals surface area contributed by atoms with E-state index in [2.05, 4.69) is 32.1 Å². The van der Waals surface area contributed by atoms with Crippen LogP contribution in [0.25, 0.3) is 22.1 Å². The maximum absolute atomic E-state index is 5.74. The van der Waals surface area contributed by atoms with Crippen LogP contribution in [0.2, 0.25) is 0 Å². The molecule has 2 N–H and O–H groups in total. The van der Waals surface area contributed by atoms with E-state index in [0.717, 1.165) is 69.9 Å². The number of benzene rings is 2. The van der Waals surface area contributed by atoms with Crippen molar-refractivity contribution in [2.75, 3.05) is 24.7 Å². The van der Waals surface area contributed by atoms with Crippen LogP contribution in [0.4, 0.5) is 0 Å². The number of aromatic nitrogens is 4. The maximum Gasteiger partial charge on any atom is 0.166 e. The minimum atomic E-state index is 0.794. The van der Waals surface area contributed by atoms with Crippen LogP contribution in [0, 0.1) is 0 Å². The fourth-order valence-electron chi connectivity index (χ4n) is 2.76. The van der Waals surface area contributed by atoms with Gasteiger partial charge in [0.15, 0.2) is 10.3 Å². The average molecular weight is 399 g/mol. The third kappa shape index (κ3) is 5.06. The lowest BCUT2D eigenvalue weighted by atomic mass is 10.3. The van der Waals surface area contributed by atoms with E-state index >= 15 is 0 Å². The molecule has 0 bridgehead atoms. The lowest BCUT2D eigenvalue weighted by molar-refractivity contribution is 0.137. The van der Waals surface area contributed by atoms with Gasteiger partial charge >= 0.3 is 0 Å². The zero-order valence-electron chi connectivity index (χ0n) is 15.0. The number of nitrogens with zero attached hydrogens (tertiary/aromatic N) is 2. The van der Waals surface area contributed by atoms with E-state index in [4.69, 9.17) is 4.74 Å². The summed E-state index contributed by atoms with van der Waals surface area (Å²) in [7, 11) is 0.